The van der Waals surface area contributed by atoms with Gasteiger partial charge in [-0.2, -0.15) is 0 Å². The Kier molecular flexibility index (Phi) is 6.57. The number of nitrogens with one attached hydrogen (secondary N) is 1. The van der Waals surface area contributed by atoms with Gasteiger partial charge in [0, 0.05) is 38.2 Å². The Balaban J connectivity index is 1.92. The van der Waals surface area contributed by atoms with Gasteiger partial charge in [-0.05, 0) is 24.6 Å². The summed E-state index contributed by atoms with van der Waals surface area (Å²) in [6.07, 6.45) is 0.239. The predicted molar refractivity (Wildman–Crippen MR) is 98.7 cm³/mol. The van der Waals surface area contributed by atoms with Crippen LogP contribution in [0.5, 0.6) is 5.75 Å². The minimum atomic E-state index is -0.111. The second kappa shape index (κ2) is 8.87. The SMILES string of the molecule is COc1cccc(N(CCC(=O)NCc2cccc(C)c2)C(C)=O)c1. The zero-order chi connectivity index (χ0) is 18.2. The van der Waals surface area contributed by atoms with Crippen LogP contribution < -0.4 is 15.0 Å². The first-order chi connectivity index (χ1) is 12.0. The first kappa shape index (κ1) is 18.5. The number of rotatable bonds is 7. The topological polar surface area (TPSA) is 58.6 Å². The Morgan fingerprint density at radius 2 is 1.88 bits per heavy atom. The summed E-state index contributed by atoms with van der Waals surface area (Å²) >= 11 is 0. The zero-order valence-electron chi connectivity index (χ0n) is 14.9. The summed E-state index contributed by atoms with van der Waals surface area (Å²) in [5.41, 5.74) is 2.94. The molecule has 132 valence electrons. The van der Waals surface area contributed by atoms with Crippen LogP contribution in [0.25, 0.3) is 0 Å². The van der Waals surface area contributed by atoms with E-state index >= 15 is 0 Å². The average Bonchev–Trinajstić information content (AvgIpc) is 2.60. The molecule has 0 spiro atoms. The highest BCUT2D eigenvalue weighted by Gasteiger charge is 2.14. The number of hydrogen-bond acceptors (Lipinski definition) is 3. The minimum absolute atomic E-state index is 0.0874. The summed E-state index contributed by atoms with van der Waals surface area (Å²) in [7, 11) is 1.58. The van der Waals surface area contributed by atoms with Gasteiger partial charge in [-0.1, -0.05) is 35.9 Å². The molecule has 2 rings (SSSR count). The molecule has 2 aromatic carbocycles. The van der Waals surface area contributed by atoms with E-state index in [1.165, 1.54) is 6.92 Å². The molecular weight excluding hydrogens is 316 g/mol. The molecule has 0 fully saturated rings. The Bertz CT molecular complexity index is 743. The van der Waals surface area contributed by atoms with Crippen molar-refractivity contribution in [1.82, 2.24) is 5.32 Å². The summed E-state index contributed by atoms with van der Waals surface area (Å²) in [6, 6.07) is 15.3. The Hall–Kier alpha value is -2.82. The van der Waals surface area contributed by atoms with Crippen LogP contribution in [0.3, 0.4) is 0 Å². The van der Waals surface area contributed by atoms with E-state index in [-0.39, 0.29) is 18.2 Å². The van der Waals surface area contributed by atoms with Gasteiger partial charge in [0.05, 0.1) is 7.11 Å². The van der Waals surface area contributed by atoms with Crippen molar-refractivity contribution in [1.29, 1.82) is 0 Å². The van der Waals surface area contributed by atoms with Crippen LogP contribution in [-0.4, -0.2) is 25.5 Å². The molecule has 0 saturated carbocycles. The Labute approximate surface area is 148 Å². The van der Waals surface area contributed by atoms with Crippen molar-refractivity contribution in [2.45, 2.75) is 26.8 Å². The van der Waals surface area contributed by atoms with E-state index in [4.69, 9.17) is 4.74 Å². The van der Waals surface area contributed by atoms with Gasteiger partial charge in [0.15, 0.2) is 0 Å². The summed E-state index contributed by atoms with van der Waals surface area (Å²) in [4.78, 5) is 25.6. The maximum Gasteiger partial charge on any atom is 0.223 e. The minimum Gasteiger partial charge on any atom is -0.497 e. The molecule has 1 N–H and O–H groups in total. The third-order valence-electron chi connectivity index (χ3n) is 3.88. The van der Waals surface area contributed by atoms with E-state index in [1.54, 1.807) is 18.1 Å². The molecule has 0 bridgehead atoms. The van der Waals surface area contributed by atoms with E-state index in [0.29, 0.717) is 18.8 Å². The van der Waals surface area contributed by atoms with Crippen LogP contribution in [-0.2, 0) is 16.1 Å². The molecule has 0 radical (unpaired) electrons. The molecule has 0 aliphatic carbocycles. The normalized spacial score (nSPS) is 10.2. The number of anilines is 1. The van der Waals surface area contributed by atoms with Crippen molar-refractivity contribution in [3.63, 3.8) is 0 Å². The molecule has 0 aliphatic heterocycles. The molecule has 25 heavy (non-hydrogen) atoms. The van der Waals surface area contributed by atoms with Crippen LogP contribution in [0.15, 0.2) is 48.5 Å². The highest BCUT2D eigenvalue weighted by molar-refractivity contribution is 5.92. The second-order valence-corrected chi connectivity index (χ2v) is 5.89. The third-order valence-corrected chi connectivity index (χ3v) is 3.88. The lowest BCUT2D eigenvalue weighted by Gasteiger charge is -2.21. The fourth-order valence-electron chi connectivity index (χ4n) is 2.57. The van der Waals surface area contributed by atoms with E-state index in [9.17, 15) is 9.59 Å². The number of aryl methyl sites for hydroxylation is 1. The number of carbonyl (C=O) groups excluding carboxylic acids is 2. The summed E-state index contributed by atoms with van der Waals surface area (Å²) in [6.45, 7) is 4.32. The van der Waals surface area contributed by atoms with Gasteiger partial charge in [0.25, 0.3) is 0 Å². The van der Waals surface area contributed by atoms with E-state index < -0.39 is 0 Å². The van der Waals surface area contributed by atoms with Gasteiger partial charge < -0.3 is 15.0 Å². The van der Waals surface area contributed by atoms with Gasteiger partial charge in [0.1, 0.15) is 5.75 Å². The summed E-state index contributed by atoms with van der Waals surface area (Å²) in [5, 5.41) is 2.89. The number of benzene rings is 2. The molecule has 0 aliphatic rings. The molecule has 0 saturated heterocycles. The maximum absolute atomic E-state index is 12.1. The molecule has 0 unspecified atom stereocenters. The first-order valence-corrected chi connectivity index (χ1v) is 8.24. The number of amides is 2. The van der Waals surface area contributed by atoms with Crippen LogP contribution >= 0.6 is 0 Å². The summed E-state index contributed by atoms with van der Waals surface area (Å²) < 4.78 is 5.19. The van der Waals surface area contributed by atoms with Crippen LogP contribution in [0, 0.1) is 6.92 Å². The van der Waals surface area contributed by atoms with Crippen molar-refractivity contribution < 1.29 is 14.3 Å². The Morgan fingerprint density at radius 1 is 1.12 bits per heavy atom. The standard InChI is InChI=1S/C20H24N2O3/c1-15-6-4-7-17(12-15)14-21-20(24)10-11-22(16(2)23)18-8-5-9-19(13-18)25-3/h4-9,12-13H,10-11,14H2,1-3H3,(H,21,24). The first-order valence-electron chi connectivity index (χ1n) is 8.24. The van der Waals surface area contributed by atoms with Gasteiger partial charge in [-0.3, -0.25) is 9.59 Å². The molecule has 2 amide bonds. The lowest BCUT2D eigenvalue weighted by atomic mass is 10.1. The lowest BCUT2D eigenvalue weighted by molar-refractivity contribution is -0.121. The smallest absolute Gasteiger partial charge is 0.223 e. The zero-order valence-corrected chi connectivity index (χ0v) is 14.9. The van der Waals surface area contributed by atoms with Gasteiger partial charge in [-0.15, -0.1) is 0 Å². The van der Waals surface area contributed by atoms with Crippen LogP contribution in [0.1, 0.15) is 24.5 Å². The van der Waals surface area contributed by atoms with Gasteiger partial charge in [-0.25, -0.2) is 0 Å². The maximum atomic E-state index is 12.1. The number of carbonyl (C=O) groups is 2. The van der Waals surface area contributed by atoms with Crippen molar-refractivity contribution in [2.75, 3.05) is 18.6 Å². The van der Waals surface area contributed by atoms with Crippen molar-refractivity contribution in [3.05, 3.63) is 59.7 Å². The molecule has 5 heteroatoms. The monoisotopic (exact) mass is 340 g/mol. The number of nitrogens with zero attached hydrogens (tertiary/aromatic N) is 1. The predicted octanol–water partition coefficient (Wildman–Crippen LogP) is 3.06. The number of hydrogen-bond donors (Lipinski definition) is 1. The van der Waals surface area contributed by atoms with Crippen molar-refractivity contribution in [3.8, 4) is 5.75 Å². The van der Waals surface area contributed by atoms with E-state index in [2.05, 4.69) is 5.32 Å². The summed E-state index contributed by atoms with van der Waals surface area (Å²) in [5.74, 6) is 0.475. The van der Waals surface area contributed by atoms with Gasteiger partial charge >= 0.3 is 0 Å². The van der Waals surface area contributed by atoms with E-state index in [0.717, 1.165) is 16.8 Å². The third kappa shape index (κ3) is 5.64. The quantitative estimate of drug-likeness (QED) is 0.843. The molecule has 2 aromatic rings. The van der Waals surface area contributed by atoms with Crippen LogP contribution in [0.4, 0.5) is 5.69 Å². The molecule has 0 aromatic heterocycles. The molecular formula is C20H24N2O3. The lowest BCUT2D eigenvalue weighted by Crippen LogP contribution is -2.33. The largest absolute Gasteiger partial charge is 0.497 e. The fourth-order valence-corrected chi connectivity index (χ4v) is 2.57. The molecule has 0 atom stereocenters. The fraction of sp³-hybridized carbons (Fsp3) is 0.300. The Morgan fingerprint density at radius 3 is 2.56 bits per heavy atom. The van der Waals surface area contributed by atoms with Crippen LogP contribution in [0.2, 0.25) is 0 Å². The average molecular weight is 340 g/mol. The van der Waals surface area contributed by atoms with Crippen molar-refractivity contribution in [2.24, 2.45) is 0 Å². The highest BCUT2D eigenvalue weighted by atomic mass is 16.5. The number of ether oxygens (including phenoxy) is 1. The number of methoxy groups -OCH3 is 1. The van der Waals surface area contributed by atoms with Gasteiger partial charge in [0.2, 0.25) is 11.8 Å². The second-order valence-electron chi connectivity index (χ2n) is 5.89. The molecule has 0 heterocycles. The highest BCUT2D eigenvalue weighted by Crippen LogP contribution is 2.21. The van der Waals surface area contributed by atoms with E-state index in [1.807, 2.05) is 49.4 Å². The van der Waals surface area contributed by atoms with Crippen molar-refractivity contribution >= 4 is 17.5 Å². The molecule has 5 nitrogen and oxygen atoms in total.